The minimum atomic E-state index is -1.54. The van der Waals surface area contributed by atoms with Gasteiger partial charge in [-0.1, -0.05) is 37.3 Å². The van der Waals surface area contributed by atoms with Crippen LogP contribution in [0.25, 0.3) is 0 Å². The Hall–Kier alpha value is -2.41. The van der Waals surface area contributed by atoms with Crippen LogP contribution in [-0.4, -0.2) is 53.0 Å². The number of carboxylic acids is 1. The van der Waals surface area contributed by atoms with E-state index in [1.165, 1.54) is 0 Å². The van der Waals surface area contributed by atoms with Crippen molar-refractivity contribution in [1.82, 2.24) is 10.2 Å². The number of nitrogens with one attached hydrogen (secondary N) is 1. The van der Waals surface area contributed by atoms with Crippen LogP contribution in [0, 0.1) is 0 Å². The van der Waals surface area contributed by atoms with Crippen LogP contribution >= 0.6 is 0 Å². The van der Waals surface area contributed by atoms with Gasteiger partial charge in [0, 0.05) is 0 Å². The maximum atomic E-state index is 12.5. The largest absolute Gasteiger partial charge is 0.480 e. The Labute approximate surface area is 140 Å². The number of aliphatic carboxylic acids is 1. The van der Waals surface area contributed by atoms with Crippen molar-refractivity contribution in [3.63, 3.8) is 0 Å². The third kappa shape index (κ3) is 3.73. The van der Waals surface area contributed by atoms with E-state index in [1.54, 1.807) is 4.90 Å². The summed E-state index contributed by atoms with van der Waals surface area (Å²) in [4.78, 5) is 37.5. The summed E-state index contributed by atoms with van der Waals surface area (Å²) in [7, 11) is 0. The van der Waals surface area contributed by atoms with Crippen molar-refractivity contribution >= 4 is 17.8 Å². The minimum Gasteiger partial charge on any atom is -0.480 e. The zero-order valence-corrected chi connectivity index (χ0v) is 13.7. The summed E-state index contributed by atoms with van der Waals surface area (Å²) in [6, 6.07) is 9.14. The number of hydrogen-bond acceptors (Lipinski definition) is 5. The number of benzene rings is 1. The van der Waals surface area contributed by atoms with Gasteiger partial charge >= 0.3 is 12.1 Å². The highest BCUT2D eigenvalue weighted by atomic mass is 16.5. The van der Waals surface area contributed by atoms with E-state index in [1.807, 2.05) is 37.3 Å². The lowest BCUT2D eigenvalue weighted by molar-refractivity contribution is -0.155. The number of ether oxygens (including phenoxy) is 1. The summed E-state index contributed by atoms with van der Waals surface area (Å²) in [6.45, 7) is 2.57. The van der Waals surface area contributed by atoms with Crippen LogP contribution in [0.2, 0.25) is 0 Å². The van der Waals surface area contributed by atoms with Gasteiger partial charge in [-0.05, 0) is 31.5 Å². The van der Waals surface area contributed by atoms with Gasteiger partial charge in [0.2, 0.25) is 0 Å². The number of ketones is 1. The Morgan fingerprint density at radius 2 is 2.00 bits per heavy atom. The second-order valence-corrected chi connectivity index (χ2v) is 5.69. The van der Waals surface area contributed by atoms with E-state index in [9.17, 15) is 19.5 Å². The number of carbonyl (C=O) groups excluding carboxylic acids is 2. The van der Waals surface area contributed by atoms with Crippen molar-refractivity contribution in [2.75, 3.05) is 19.6 Å². The van der Waals surface area contributed by atoms with Gasteiger partial charge in [-0.15, -0.1) is 0 Å². The van der Waals surface area contributed by atoms with E-state index in [-0.39, 0.29) is 19.6 Å². The zero-order chi connectivity index (χ0) is 17.6. The maximum absolute atomic E-state index is 12.5. The fraction of sp³-hybridized carbons (Fsp3) is 0.471. The predicted molar refractivity (Wildman–Crippen MR) is 86.5 cm³/mol. The lowest BCUT2D eigenvalue weighted by atomic mass is 9.90. The summed E-state index contributed by atoms with van der Waals surface area (Å²) in [5.74, 6) is -1.68. The molecule has 1 aromatic rings. The fourth-order valence-electron chi connectivity index (χ4n) is 3.05. The highest BCUT2D eigenvalue weighted by molar-refractivity contribution is 6.09. The van der Waals surface area contributed by atoms with Crippen molar-refractivity contribution in [3.8, 4) is 0 Å². The average Bonchev–Trinajstić information content (AvgIpc) is 3.04. The van der Waals surface area contributed by atoms with E-state index < -0.39 is 23.4 Å². The van der Waals surface area contributed by atoms with Gasteiger partial charge in [-0.25, -0.2) is 9.59 Å². The number of carboxylic acid groups (broad SMARTS) is 1. The molecule has 7 heteroatoms. The van der Waals surface area contributed by atoms with Crippen LogP contribution in [-0.2, 0) is 20.9 Å². The molecule has 1 amide bonds. The van der Waals surface area contributed by atoms with Crippen LogP contribution in [0.15, 0.2) is 30.3 Å². The number of nitrogens with zero attached hydrogens (tertiary/aromatic N) is 1. The Balaban J connectivity index is 1.89. The molecule has 1 atom stereocenters. The normalized spacial score (nSPS) is 20.5. The smallest absolute Gasteiger partial charge is 0.407 e. The van der Waals surface area contributed by atoms with Crippen molar-refractivity contribution in [3.05, 3.63) is 35.9 Å². The minimum absolute atomic E-state index is 0.0893. The van der Waals surface area contributed by atoms with E-state index in [4.69, 9.17) is 4.74 Å². The lowest BCUT2D eigenvalue weighted by Crippen LogP contribution is -2.59. The van der Waals surface area contributed by atoms with E-state index >= 15 is 0 Å². The third-order valence-corrected chi connectivity index (χ3v) is 4.31. The molecule has 1 fully saturated rings. The molecular weight excluding hydrogens is 312 g/mol. The molecule has 0 saturated carbocycles. The van der Waals surface area contributed by atoms with Gasteiger partial charge in [0.25, 0.3) is 0 Å². The van der Waals surface area contributed by atoms with E-state index in [2.05, 4.69) is 5.32 Å². The lowest BCUT2D eigenvalue weighted by Gasteiger charge is -2.32. The zero-order valence-electron chi connectivity index (χ0n) is 13.7. The van der Waals surface area contributed by atoms with Crippen LogP contribution in [0.5, 0.6) is 0 Å². The van der Waals surface area contributed by atoms with Crippen molar-refractivity contribution < 1.29 is 24.2 Å². The molecule has 0 bridgehead atoms. The van der Waals surface area contributed by atoms with Crippen molar-refractivity contribution in [2.24, 2.45) is 0 Å². The van der Waals surface area contributed by atoms with Gasteiger partial charge < -0.3 is 15.2 Å². The molecule has 7 nitrogen and oxygen atoms in total. The standard InChI is InChI=1S/C17H22N2O5/c1-2-19-10-6-9-17(19,15(21)22)14(20)11-18-16(23)24-12-13-7-4-3-5-8-13/h3-5,7-8H,2,6,9-12H2,1H3,(H,18,23)(H,21,22)/t17-/m1/s1. The molecule has 2 rings (SSSR count). The van der Waals surface area contributed by atoms with Crippen molar-refractivity contribution in [1.29, 1.82) is 0 Å². The predicted octanol–water partition coefficient (Wildman–Crippen LogP) is 1.42. The van der Waals surface area contributed by atoms with Gasteiger partial charge in [-0.2, -0.15) is 0 Å². The molecule has 1 aliphatic rings. The number of Topliss-reactive ketones (excluding diaryl/α,β-unsaturated/α-hetero) is 1. The summed E-state index contributed by atoms with van der Waals surface area (Å²) in [5, 5.41) is 11.9. The summed E-state index contributed by atoms with van der Waals surface area (Å²) in [5.41, 5.74) is -0.713. The number of rotatable bonds is 7. The van der Waals surface area contributed by atoms with E-state index in [0.717, 1.165) is 5.56 Å². The maximum Gasteiger partial charge on any atom is 0.407 e. The number of amides is 1. The molecule has 130 valence electrons. The Bertz CT molecular complexity index is 604. The number of alkyl carbamates (subject to hydrolysis) is 1. The topological polar surface area (TPSA) is 95.9 Å². The summed E-state index contributed by atoms with van der Waals surface area (Å²) < 4.78 is 5.02. The van der Waals surface area contributed by atoms with Gasteiger partial charge in [0.05, 0.1) is 6.54 Å². The molecule has 2 N–H and O–H groups in total. The number of likely N-dealkylation sites (N-methyl/N-ethyl adjacent to an activating group) is 1. The number of carbonyl (C=O) groups is 3. The average molecular weight is 334 g/mol. The number of hydrogen-bond donors (Lipinski definition) is 2. The van der Waals surface area contributed by atoms with Gasteiger partial charge in [-0.3, -0.25) is 9.69 Å². The SMILES string of the molecule is CCN1CCC[C@]1(C(=O)O)C(=O)CNC(=O)OCc1ccccc1. The van der Waals surface area contributed by atoms with Crippen molar-refractivity contribution in [2.45, 2.75) is 31.9 Å². The van der Waals surface area contributed by atoms with E-state index in [0.29, 0.717) is 19.5 Å². The molecule has 1 heterocycles. The second-order valence-electron chi connectivity index (χ2n) is 5.69. The Kier molecular flexibility index (Phi) is 5.92. The molecule has 0 radical (unpaired) electrons. The first-order valence-corrected chi connectivity index (χ1v) is 7.97. The highest BCUT2D eigenvalue weighted by Crippen LogP contribution is 2.30. The molecule has 1 saturated heterocycles. The van der Waals surface area contributed by atoms with Crippen LogP contribution in [0.3, 0.4) is 0 Å². The molecular formula is C17H22N2O5. The van der Waals surface area contributed by atoms with Gasteiger partial charge in [0.1, 0.15) is 6.61 Å². The van der Waals surface area contributed by atoms with Crippen LogP contribution in [0.4, 0.5) is 4.79 Å². The molecule has 1 aliphatic heterocycles. The number of likely N-dealkylation sites (tertiary alicyclic amines) is 1. The Morgan fingerprint density at radius 1 is 1.29 bits per heavy atom. The van der Waals surface area contributed by atoms with Crippen LogP contribution in [0.1, 0.15) is 25.3 Å². The third-order valence-electron chi connectivity index (χ3n) is 4.31. The van der Waals surface area contributed by atoms with Crippen LogP contribution < -0.4 is 5.32 Å². The first kappa shape index (κ1) is 17.9. The molecule has 0 unspecified atom stereocenters. The van der Waals surface area contributed by atoms with Gasteiger partial charge in [0.15, 0.2) is 11.3 Å². The molecule has 0 aromatic heterocycles. The molecule has 1 aromatic carbocycles. The second kappa shape index (κ2) is 7.92. The monoisotopic (exact) mass is 334 g/mol. The Morgan fingerprint density at radius 3 is 2.62 bits per heavy atom. The first-order chi connectivity index (χ1) is 11.5. The molecule has 0 aliphatic carbocycles. The quantitative estimate of drug-likeness (QED) is 0.732. The highest BCUT2D eigenvalue weighted by Gasteiger charge is 2.52. The summed E-state index contributed by atoms with van der Waals surface area (Å²) in [6.07, 6.45) is 0.161. The fourth-order valence-corrected chi connectivity index (χ4v) is 3.05. The molecule has 0 spiro atoms. The first-order valence-electron chi connectivity index (χ1n) is 7.97. The summed E-state index contributed by atoms with van der Waals surface area (Å²) >= 11 is 0. The molecule has 24 heavy (non-hydrogen) atoms.